The minimum Gasteiger partial charge on any atom is -0.444 e. The maximum atomic E-state index is 13.1. The molecule has 0 radical (unpaired) electrons. The Labute approximate surface area is 205 Å². The molecule has 0 spiro atoms. The number of unbranched alkanes of at least 4 members (excludes halogenated alkanes) is 1. The quantitative estimate of drug-likeness (QED) is 0.315. The molecule has 0 aromatic carbocycles. The number of carbonyl (C=O) groups is 3. The van der Waals surface area contributed by atoms with Gasteiger partial charge < -0.3 is 30.5 Å². The molecule has 1 heterocycles. The van der Waals surface area contributed by atoms with Crippen LogP contribution in [0.25, 0.3) is 0 Å². The second-order valence-electron chi connectivity index (χ2n) is 11.0. The Morgan fingerprint density at radius 2 is 1.76 bits per heavy atom. The first-order valence-corrected chi connectivity index (χ1v) is 12.6. The number of hydrogen-bond acceptors (Lipinski definition) is 6. The molecule has 9 heteroatoms. The fourth-order valence-electron chi connectivity index (χ4n) is 4.04. The van der Waals surface area contributed by atoms with Gasteiger partial charge in [0.2, 0.25) is 11.8 Å². The van der Waals surface area contributed by atoms with Gasteiger partial charge in [0.1, 0.15) is 17.7 Å². The molecule has 9 nitrogen and oxygen atoms in total. The molecule has 4 N–H and O–H groups in total. The summed E-state index contributed by atoms with van der Waals surface area (Å²) in [5, 5.41) is 19.7. The van der Waals surface area contributed by atoms with E-state index in [-0.39, 0.29) is 17.7 Å². The van der Waals surface area contributed by atoms with E-state index < -0.39 is 47.8 Å². The predicted molar refractivity (Wildman–Crippen MR) is 131 cm³/mol. The zero-order valence-electron chi connectivity index (χ0n) is 22.3. The van der Waals surface area contributed by atoms with Crippen LogP contribution >= 0.6 is 0 Å². The first-order valence-electron chi connectivity index (χ1n) is 12.6. The lowest BCUT2D eigenvalue weighted by Gasteiger charge is -2.32. The number of nitrogens with one attached hydrogen (secondary N) is 3. The van der Waals surface area contributed by atoms with Gasteiger partial charge in [0.15, 0.2) is 0 Å². The van der Waals surface area contributed by atoms with Gasteiger partial charge in [-0.15, -0.1) is 0 Å². The van der Waals surface area contributed by atoms with E-state index in [1.165, 1.54) is 0 Å². The van der Waals surface area contributed by atoms with E-state index in [1.54, 1.807) is 20.8 Å². The lowest BCUT2D eigenvalue weighted by molar-refractivity contribution is -0.138. The normalized spacial score (nSPS) is 21.1. The van der Waals surface area contributed by atoms with Gasteiger partial charge in [-0.3, -0.25) is 9.59 Å². The number of amides is 3. The first-order chi connectivity index (χ1) is 15.8. The minimum absolute atomic E-state index is 0.113. The number of aliphatic hydroxyl groups is 1. The molecule has 34 heavy (non-hydrogen) atoms. The van der Waals surface area contributed by atoms with E-state index in [0.717, 1.165) is 12.8 Å². The predicted octanol–water partition coefficient (Wildman–Crippen LogP) is 2.75. The molecule has 0 unspecified atom stereocenters. The largest absolute Gasteiger partial charge is 0.444 e. The van der Waals surface area contributed by atoms with Crippen LogP contribution in [0.15, 0.2) is 0 Å². The summed E-state index contributed by atoms with van der Waals surface area (Å²) in [6.07, 6.45) is 0.286. The van der Waals surface area contributed by atoms with Crippen LogP contribution in [0.1, 0.15) is 81.1 Å². The second kappa shape index (κ2) is 13.9. The molecule has 0 saturated carbocycles. The Morgan fingerprint density at radius 3 is 2.29 bits per heavy atom. The van der Waals surface area contributed by atoms with Crippen molar-refractivity contribution in [3.63, 3.8) is 0 Å². The molecule has 1 saturated heterocycles. The standard InChI is InChI=1S/C25H47N3O6/c1-9-10-12-26-22(30)19(16(4)5)28-23(31)21-17(11-13-33-21)20(29)18(14-15(2)3)27-24(32)34-25(6,7)8/h15-21,29H,9-14H2,1-8H3,(H,26,30)(H,27,32)(H,28,31)/t17-,18-,19-,20-,21+/m0/s1. The molecule has 0 aromatic heterocycles. The molecule has 1 aliphatic heterocycles. The summed E-state index contributed by atoms with van der Waals surface area (Å²) >= 11 is 0. The monoisotopic (exact) mass is 485 g/mol. The molecule has 0 aliphatic carbocycles. The molecule has 198 valence electrons. The first kappa shape index (κ1) is 30.2. The number of ether oxygens (including phenoxy) is 2. The van der Waals surface area contributed by atoms with Gasteiger partial charge in [0.25, 0.3) is 0 Å². The fraction of sp³-hybridized carbons (Fsp3) is 0.880. The van der Waals surface area contributed by atoms with Gasteiger partial charge in [-0.1, -0.05) is 41.0 Å². The second-order valence-corrected chi connectivity index (χ2v) is 11.0. The van der Waals surface area contributed by atoms with Crippen molar-refractivity contribution in [1.29, 1.82) is 0 Å². The van der Waals surface area contributed by atoms with Crippen LogP contribution in [0, 0.1) is 17.8 Å². The average Bonchev–Trinajstić information content (AvgIpc) is 3.18. The maximum Gasteiger partial charge on any atom is 0.407 e. The molecular formula is C25H47N3O6. The van der Waals surface area contributed by atoms with Crippen LogP contribution in [-0.2, 0) is 19.1 Å². The lowest BCUT2D eigenvalue weighted by Crippen LogP contribution is -2.55. The Hall–Kier alpha value is -1.87. The van der Waals surface area contributed by atoms with Crippen molar-refractivity contribution in [1.82, 2.24) is 16.0 Å². The van der Waals surface area contributed by atoms with Crippen LogP contribution in [-0.4, -0.2) is 66.1 Å². The van der Waals surface area contributed by atoms with Crippen LogP contribution in [0.4, 0.5) is 4.79 Å². The van der Waals surface area contributed by atoms with E-state index in [9.17, 15) is 19.5 Å². The average molecular weight is 486 g/mol. The van der Waals surface area contributed by atoms with Crippen molar-refractivity contribution in [2.75, 3.05) is 13.2 Å². The Balaban J connectivity index is 2.92. The summed E-state index contributed by atoms with van der Waals surface area (Å²) in [6, 6.07) is -1.30. The van der Waals surface area contributed by atoms with Crippen molar-refractivity contribution in [3.05, 3.63) is 0 Å². The number of rotatable bonds is 12. The summed E-state index contributed by atoms with van der Waals surface area (Å²) < 4.78 is 11.1. The van der Waals surface area contributed by atoms with Crippen molar-refractivity contribution in [3.8, 4) is 0 Å². The van der Waals surface area contributed by atoms with E-state index in [0.29, 0.717) is 26.0 Å². The zero-order valence-corrected chi connectivity index (χ0v) is 22.3. The van der Waals surface area contributed by atoms with Crippen molar-refractivity contribution < 1.29 is 29.0 Å². The molecule has 0 aromatic rings. The molecule has 1 aliphatic rings. The molecule has 1 rings (SSSR count). The van der Waals surface area contributed by atoms with Gasteiger partial charge in [-0.2, -0.15) is 0 Å². The van der Waals surface area contributed by atoms with E-state index in [1.807, 2.05) is 34.6 Å². The minimum atomic E-state index is -1.01. The van der Waals surface area contributed by atoms with Gasteiger partial charge in [-0.05, 0) is 51.9 Å². The number of aliphatic hydroxyl groups excluding tert-OH is 1. The molecule has 0 bridgehead atoms. The molecule has 3 amide bonds. The van der Waals surface area contributed by atoms with Gasteiger partial charge in [0.05, 0.1) is 12.1 Å². The van der Waals surface area contributed by atoms with Gasteiger partial charge >= 0.3 is 6.09 Å². The zero-order chi connectivity index (χ0) is 26.1. The van der Waals surface area contributed by atoms with Gasteiger partial charge in [0, 0.05) is 19.1 Å². The summed E-state index contributed by atoms with van der Waals surface area (Å²) in [5.41, 5.74) is -0.667. The third-order valence-electron chi connectivity index (χ3n) is 5.75. The Bertz CT molecular complexity index is 662. The van der Waals surface area contributed by atoms with E-state index in [4.69, 9.17) is 9.47 Å². The van der Waals surface area contributed by atoms with Crippen LogP contribution < -0.4 is 16.0 Å². The van der Waals surface area contributed by atoms with Crippen molar-refractivity contribution in [2.45, 2.75) is 111 Å². The summed E-state index contributed by atoms with van der Waals surface area (Å²) in [6.45, 7) is 16.0. The third kappa shape index (κ3) is 10.2. The fourth-order valence-corrected chi connectivity index (χ4v) is 4.04. The third-order valence-corrected chi connectivity index (χ3v) is 5.75. The smallest absolute Gasteiger partial charge is 0.407 e. The molecular weight excluding hydrogens is 438 g/mol. The highest BCUT2D eigenvalue weighted by Crippen LogP contribution is 2.28. The van der Waals surface area contributed by atoms with Crippen LogP contribution in [0.2, 0.25) is 0 Å². The molecule has 5 atom stereocenters. The van der Waals surface area contributed by atoms with Crippen LogP contribution in [0.3, 0.4) is 0 Å². The summed E-state index contributed by atoms with van der Waals surface area (Å²) in [5.74, 6) is -1.09. The van der Waals surface area contributed by atoms with Crippen LogP contribution in [0.5, 0.6) is 0 Å². The lowest BCUT2D eigenvalue weighted by atomic mass is 9.86. The number of alkyl carbamates (subject to hydrolysis) is 1. The number of carbonyl (C=O) groups excluding carboxylic acids is 3. The SMILES string of the molecule is CCCCNC(=O)[C@@H](NC(=O)[C@@H]1OCC[C@H]1[C@H](O)[C@H](CC(C)C)NC(=O)OC(C)(C)C)C(C)C. The van der Waals surface area contributed by atoms with Gasteiger partial charge in [-0.25, -0.2) is 4.79 Å². The summed E-state index contributed by atoms with van der Waals surface area (Å²) in [4.78, 5) is 38.1. The highest BCUT2D eigenvalue weighted by atomic mass is 16.6. The Kier molecular flexibility index (Phi) is 12.3. The summed E-state index contributed by atoms with van der Waals surface area (Å²) in [7, 11) is 0. The van der Waals surface area contributed by atoms with Crippen molar-refractivity contribution in [2.24, 2.45) is 17.8 Å². The van der Waals surface area contributed by atoms with Crippen molar-refractivity contribution >= 4 is 17.9 Å². The van der Waals surface area contributed by atoms with E-state index in [2.05, 4.69) is 16.0 Å². The maximum absolute atomic E-state index is 13.1. The topological polar surface area (TPSA) is 126 Å². The molecule has 1 fully saturated rings. The number of hydrogen-bond donors (Lipinski definition) is 4. The van der Waals surface area contributed by atoms with E-state index >= 15 is 0 Å². The Morgan fingerprint density at radius 1 is 1.12 bits per heavy atom. The highest BCUT2D eigenvalue weighted by molar-refractivity contribution is 5.89. The highest BCUT2D eigenvalue weighted by Gasteiger charge is 2.43.